The van der Waals surface area contributed by atoms with E-state index in [1.54, 1.807) is 31.2 Å². The first-order valence-corrected chi connectivity index (χ1v) is 12.1. The largest absolute Gasteiger partial charge is 0.326 e. The standard InChI is InChI=1S/C22H26ClN3O4S/c1-2-21(27)24-17-8-7-9-18(15-17)25-22(28)16-10-11-19(23)20(14-16)31(29,30)26-12-5-3-4-6-13-26/h7-11,14-15H,2-6,12-13H2,1H3,(H,24,27)(H,25,28). The van der Waals surface area contributed by atoms with Gasteiger partial charge in [-0.15, -0.1) is 0 Å². The highest BCUT2D eigenvalue weighted by Crippen LogP contribution is 2.28. The zero-order valence-corrected chi connectivity index (χ0v) is 18.9. The van der Waals surface area contributed by atoms with Crippen molar-refractivity contribution in [3.8, 4) is 0 Å². The van der Waals surface area contributed by atoms with Crippen LogP contribution in [0.5, 0.6) is 0 Å². The number of nitrogens with one attached hydrogen (secondary N) is 2. The Morgan fingerprint density at radius 1 is 0.968 bits per heavy atom. The molecule has 0 unspecified atom stereocenters. The van der Waals surface area contributed by atoms with Gasteiger partial charge in [-0.3, -0.25) is 9.59 Å². The number of carbonyl (C=O) groups excluding carboxylic acids is 2. The topological polar surface area (TPSA) is 95.6 Å². The maximum absolute atomic E-state index is 13.1. The maximum Gasteiger partial charge on any atom is 0.255 e. The number of hydrogen-bond donors (Lipinski definition) is 2. The second kappa shape index (κ2) is 10.3. The van der Waals surface area contributed by atoms with Crippen molar-refractivity contribution < 1.29 is 18.0 Å². The molecule has 0 aliphatic carbocycles. The van der Waals surface area contributed by atoms with Crippen LogP contribution < -0.4 is 10.6 Å². The summed E-state index contributed by atoms with van der Waals surface area (Å²) in [6.45, 7) is 2.65. The van der Waals surface area contributed by atoms with Crippen molar-refractivity contribution in [1.29, 1.82) is 0 Å². The van der Waals surface area contributed by atoms with Crippen LogP contribution in [0.1, 0.15) is 49.4 Å². The van der Waals surface area contributed by atoms with E-state index >= 15 is 0 Å². The Bertz CT molecular complexity index is 1060. The first-order chi connectivity index (χ1) is 14.8. The lowest BCUT2D eigenvalue weighted by molar-refractivity contribution is -0.115. The highest BCUT2D eigenvalue weighted by Gasteiger charge is 2.28. The number of carbonyl (C=O) groups is 2. The number of halogens is 1. The van der Waals surface area contributed by atoms with Crippen molar-refractivity contribution in [2.45, 2.75) is 43.9 Å². The maximum atomic E-state index is 13.1. The number of sulfonamides is 1. The fraction of sp³-hybridized carbons (Fsp3) is 0.364. The molecule has 9 heteroatoms. The molecule has 1 heterocycles. The lowest BCUT2D eigenvalue weighted by Gasteiger charge is -2.21. The Hall–Kier alpha value is -2.42. The molecule has 31 heavy (non-hydrogen) atoms. The number of benzene rings is 2. The van der Waals surface area contributed by atoms with E-state index < -0.39 is 15.9 Å². The Balaban J connectivity index is 1.82. The van der Waals surface area contributed by atoms with Crippen molar-refractivity contribution in [2.75, 3.05) is 23.7 Å². The lowest BCUT2D eigenvalue weighted by Crippen LogP contribution is -2.32. The molecule has 1 saturated heterocycles. The Labute approximate surface area is 187 Å². The molecule has 0 radical (unpaired) electrons. The van der Waals surface area contributed by atoms with Gasteiger partial charge in [0.1, 0.15) is 4.90 Å². The molecule has 2 N–H and O–H groups in total. The van der Waals surface area contributed by atoms with Gasteiger partial charge in [-0.2, -0.15) is 4.31 Å². The molecule has 0 atom stereocenters. The van der Waals surface area contributed by atoms with E-state index in [2.05, 4.69) is 10.6 Å². The first kappa shape index (κ1) is 23.2. The minimum atomic E-state index is -3.79. The Morgan fingerprint density at radius 2 is 1.61 bits per heavy atom. The number of nitrogens with zero attached hydrogens (tertiary/aromatic N) is 1. The molecule has 0 spiro atoms. The molecule has 7 nitrogen and oxygen atoms in total. The van der Waals surface area contributed by atoms with E-state index in [0.29, 0.717) is 30.9 Å². The summed E-state index contributed by atoms with van der Waals surface area (Å²) in [5, 5.41) is 5.55. The smallest absolute Gasteiger partial charge is 0.255 e. The van der Waals surface area contributed by atoms with Crippen molar-refractivity contribution in [3.05, 3.63) is 53.1 Å². The van der Waals surface area contributed by atoms with Gasteiger partial charge in [-0.1, -0.05) is 37.4 Å². The summed E-state index contributed by atoms with van der Waals surface area (Å²) in [6.07, 6.45) is 3.96. The average Bonchev–Trinajstić information content (AvgIpc) is 3.04. The van der Waals surface area contributed by atoms with E-state index in [1.807, 2.05) is 0 Å². The Morgan fingerprint density at radius 3 is 2.26 bits per heavy atom. The predicted octanol–water partition coefficient (Wildman–Crippen LogP) is 4.51. The summed E-state index contributed by atoms with van der Waals surface area (Å²) in [7, 11) is -3.79. The number of hydrogen-bond acceptors (Lipinski definition) is 4. The second-order valence-corrected chi connectivity index (χ2v) is 9.71. The van der Waals surface area contributed by atoms with Gasteiger partial charge in [-0.05, 0) is 49.2 Å². The average molecular weight is 464 g/mol. The van der Waals surface area contributed by atoms with Crippen molar-refractivity contribution in [2.24, 2.45) is 0 Å². The van der Waals surface area contributed by atoms with Gasteiger partial charge in [-0.25, -0.2) is 8.42 Å². The van der Waals surface area contributed by atoms with Crippen LogP contribution in [0.15, 0.2) is 47.4 Å². The predicted molar refractivity (Wildman–Crippen MR) is 122 cm³/mol. The quantitative estimate of drug-likeness (QED) is 0.659. The van der Waals surface area contributed by atoms with Crippen molar-refractivity contribution in [3.63, 3.8) is 0 Å². The number of rotatable bonds is 6. The van der Waals surface area contributed by atoms with Crippen LogP contribution >= 0.6 is 11.6 Å². The van der Waals surface area contributed by atoms with E-state index in [1.165, 1.54) is 22.5 Å². The fourth-order valence-electron chi connectivity index (χ4n) is 3.39. The van der Waals surface area contributed by atoms with E-state index in [-0.39, 0.29) is 21.4 Å². The summed E-state index contributed by atoms with van der Waals surface area (Å²) in [5.74, 6) is -0.604. The summed E-state index contributed by atoms with van der Waals surface area (Å²) in [6, 6.07) is 11.0. The van der Waals surface area contributed by atoms with Crippen molar-refractivity contribution >= 4 is 44.8 Å². The van der Waals surface area contributed by atoms with Crippen LogP contribution in [-0.4, -0.2) is 37.6 Å². The molecule has 0 saturated carbocycles. The van der Waals surface area contributed by atoms with Crippen LogP contribution in [0, 0.1) is 0 Å². The number of amides is 2. The summed E-state index contributed by atoms with van der Waals surface area (Å²) in [5.41, 5.74) is 1.22. The fourth-order valence-corrected chi connectivity index (χ4v) is 5.41. The molecule has 1 aliphatic heterocycles. The first-order valence-electron chi connectivity index (χ1n) is 10.3. The molecular formula is C22H26ClN3O4S. The van der Waals surface area contributed by atoms with Gasteiger partial charge in [0.2, 0.25) is 15.9 Å². The second-order valence-electron chi connectivity index (χ2n) is 7.40. The molecule has 3 rings (SSSR count). The minimum Gasteiger partial charge on any atom is -0.326 e. The SMILES string of the molecule is CCC(=O)Nc1cccc(NC(=O)c2ccc(Cl)c(S(=O)(=O)N3CCCCCC3)c2)c1. The van der Waals surface area contributed by atoms with E-state index in [9.17, 15) is 18.0 Å². The van der Waals surface area contributed by atoms with Gasteiger partial charge in [0.15, 0.2) is 0 Å². The molecule has 2 aromatic rings. The Kier molecular flexibility index (Phi) is 7.69. The van der Waals surface area contributed by atoms with Crippen LogP contribution in [0.2, 0.25) is 5.02 Å². The molecular weight excluding hydrogens is 438 g/mol. The molecule has 0 bridgehead atoms. The molecule has 166 valence electrons. The third-order valence-corrected chi connectivity index (χ3v) is 7.48. The van der Waals surface area contributed by atoms with Gasteiger partial charge in [0, 0.05) is 36.4 Å². The summed E-state index contributed by atoms with van der Waals surface area (Å²) >= 11 is 6.21. The lowest BCUT2D eigenvalue weighted by atomic mass is 10.2. The highest BCUT2D eigenvalue weighted by atomic mass is 35.5. The van der Waals surface area contributed by atoms with Crippen LogP contribution in [0.25, 0.3) is 0 Å². The molecule has 1 aliphatic rings. The van der Waals surface area contributed by atoms with Gasteiger partial charge < -0.3 is 10.6 Å². The van der Waals surface area contributed by atoms with Crippen LogP contribution in [-0.2, 0) is 14.8 Å². The van der Waals surface area contributed by atoms with Crippen molar-refractivity contribution in [1.82, 2.24) is 4.31 Å². The van der Waals surface area contributed by atoms with E-state index in [0.717, 1.165) is 25.7 Å². The molecule has 2 amide bonds. The monoisotopic (exact) mass is 463 g/mol. The molecule has 1 fully saturated rings. The van der Waals surface area contributed by atoms with E-state index in [4.69, 9.17) is 11.6 Å². The third-order valence-electron chi connectivity index (χ3n) is 5.10. The zero-order chi connectivity index (χ0) is 22.4. The number of anilines is 2. The van der Waals surface area contributed by atoms with Crippen LogP contribution in [0.3, 0.4) is 0 Å². The highest BCUT2D eigenvalue weighted by molar-refractivity contribution is 7.89. The molecule has 0 aromatic heterocycles. The summed E-state index contributed by atoms with van der Waals surface area (Å²) in [4.78, 5) is 24.3. The normalized spacial score (nSPS) is 15.2. The van der Waals surface area contributed by atoms with Gasteiger partial charge >= 0.3 is 0 Å². The van der Waals surface area contributed by atoms with Crippen LogP contribution in [0.4, 0.5) is 11.4 Å². The summed E-state index contributed by atoms with van der Waals surface area (Å²) < 4.78 is 27.7. The zero-order valence-electron chi connectivity index (χ0n) is 17.4. The van der Waals surface area contributed by atoms with Gasteiger partial charge in [0.05, 0.1) is 5.02 Å². The molecule has 2 aromatic carbocycles. The third kappa shape index (κ3) is 5.84. The minimum absolute atomic E-state index is 0.0623. The van der Waals surface area contributed by atoms with Gasteiger partial charge in [0.25, 0.3) is 5.91 Å².